The minimum Gasteiger partial charge on any atom is -0.486 e. The number of hydrogen-bond donors (Lipinski definition) is 1. The number of fused-ring (bicyclic) bond motifs is 1. The Morgan fingerprint density at radius 2 is 1.97 bits per heavy atom. The van der Waals surface area contributed by atoms with Crippen LogP contribution in [0.1, 0.15) is 30.8 Å². The molecule has 3 aromatic rings. The molecular formula is C22H20BrFN2O4. The number of rotatable bonds is 6. The molecular weight excluding hydrogens is 455 g/mol. The van der Waals surface area contributed by atoms with Gasteiger partial charge in [-0.2, -0.15) is 0 Å². The van der Waals surface area contributed by atoms with Gasteiger partial charge in [0.1, 0.15) is 19.0 Å². The van der Waals surface area contributed by atoms with Gasteiger partial charge >= 0.3 is 0 Å². The van der Waals surface area contributed by atoms with Crippen molar-refractivity contribution in [3.8, 4) is 22.8 Å². The fourth-order valence-electron chi connectivity index (χ4n) is 3.23. The van der Waals surface area contributed by atoms with Gasteiger partial charge in [-0.1, -0.05) is 28.1 Å². The summed E-state index contributed by atoms with van der Waals surface area (Å²) in [6, 6.07) is 9.82. The topological polar surface area (TPSA) is 73.6 Å². The second-order valence-corrected chi connectivity index (χ2v) is 7.76. The van der Waals surface area contributed by atoms with Gasteiger partial charge in [-0.05, 0) is 36.8 Å². The minimum atomic E-state index is -0.378. The van der Waals surface area contributed by atoms with Crippen LogP contribution in [0.3, 0.4) is 0 Å². The molecule has 1 unspecified atom stereocenters. The predicted octanol–water partition coefficient (Wildman–Crippen LogP) is 4.82. The van der Waals surface area contributed by atoms with Crippen molar-refractivity contribution in [2.75, 3.05) is 13.2 Å². The molecule has 1 amide bonds. The first-order chi connectivity index (χ1) is 14.5. The quantitative estimate of drug-likeness (QED) is 0.553. The number of ether oxygens (including phenoxy) is 2. The first-order valence-corrected chi connectivity index (χ1v) is 10.4. The van der Waals surface area contributed by atoms with Crippen LogP contribution < -0.4 is 14.8 Å². The van der Waals surface area contributed by atoms with Gasteiger partial charge < -0.3 is 19.2 Å². The number of oxazole rings is 1. The van der Waals surface area contributed by atoms with Crippen molar-refractivity contribution in [2.24, 2.45) is 0 Å². The molecule has 0 spiro atoms. The molecule has 1 aliphatic heterocycles. The van der Waals surface area contributed by atoms with Crippen LogP contribution in [0.25, 0.3) is 11.3 Å². The summed E-state index contributed by atoms with van der Waals surface area (Å²) < 4.78 is 31.5. The lowest BCUT2D eigenvalue weighted by atomic mass is 10.1. The van der Waals surface area contributed by atoms with Crippen LogP contribution in [0.5, 0.6) is 11.5 Å². The molecule has 0 saturated carbocycles. The molecule has 4 rings (SSSR count). The monoisotopic (exact) mass is 474 g/mol. The van der Waals surface area contributed by atoms with Crippen molar-refractivity contribution in [3.63, 3.8) is 0 Å². The molecule has 0 radical (unpaired) electrons. The second kappa shape index (κ2) is 8.87. The van der Waals surface area contributed by atoms with Gasteiger partial charge in [-0.15, -0.1) is 0 Å². The van der Waals surface area contributed by atoms with E-state index in [-0.39, 0.29) is 24.2 Å². The highest BCUT2D eigenvalue weighted by molar-refractivity contribution is 9.10. The number of benzene rings is 2. The van der Waals surface area contributed by atoms with Crippen molar-refractivity contribution in [1.29, 1.82) is 0 Å². The lowest BCUT2D eigenvalue weighted by Gasteiger charge is -2.22. The molecule has 30 heavy (non-hydrogen) atoms. The van der Waals surface area contributed by atoms with Gasteiger partial charge in [-0.3, -0.25) is 4.79 Å². The smallest absolute Gasteiger partial charge is 0.220 e. The van der Waals surface area contributed by atoms with Crippen LogP contribution in [0.2, 0.25) is 0 Å². The zero-order chi connectivity index (χ0) is 21.1. The molecule has 1 aromatic heterocycles. The molecule has 0 bridgehead atoms. The molecule has 0 fully saturated rings. The average molecular weight is 475 g/mol. The third-order valence-corrected chi connectivity index (χ3v) is 5.45. The molecule has 8 heteroatoms. The number of halogens is 2. The number of aromatic nitrogens is 1. The van der Waals surface area contributed by atoms with E-state index in [0.29, 0.717) is 48.3 Å². The maximum absolute atomic E-state index is 13.9. The van der Waals surface area contributed by atoms with Crippen LogP contribution in [0.15, 0.2) is 51.5 Å². The van der Waals surface area contributed by atoms with E-state index in [1.807, 2.05) is 19.1 Å². The van der Waals surface area contributed by atoms with E-state index < -0.39 is 0 Å². The summed E-state index contributed by atoms with van der Waals surface area (Å²) in [5, 5.41) is 2.97. The van der Waals surface area contributed by atoms with Gasteiger partial charge in [0.2, 0.25) is 5.91 Å². The first kappa shape index (κ1) is 20.4. The summed E-state index contributed by atoms with van der Waals surface area (Å²) in [7, 11) is 0. The first-order valence-electron chi connectivity index (χ1n) is 9.59. The molecule has 1 aliphatic rings. The Hall–Kier alpha value is -2.87. The summed E-state index contributed by atoms with van der Waals surface area (Å²) in [5.41, 5.74) is 1.24. The van der Waals surface area contributed by atoms with Crippen molar-refractivity contribution in [1.82, 2.24) is 10.3 Å². The Morgan fingerprint density at radius 1 is 1.23 bits per heavy atom. The van der Waals surface area contributed by atoms with Gasteiger partial charge in [0.15, 0.2) is 23.1 Å². The van der Waals surface area contributed by atoms with E-state index in [2.05, 4.69) is 26.2 Å². The number of amides is 1. The Balaban J connectivity index is 1.36. The summed E-state index contributed by atoms with van der Waals surface area (Å²) >= 11 is 3.53. The van der Waals surface area contributed by atoms with Crippen LogP contribution >= 0.6 is 15.9 Å². The highest BCUT2D eigenvalue weighted by atomic mass is 79.9. The molecule has 156 valence electrons. The van der Waals surface area contributed by atoms with Crippen LogP contribution in [0, 0.1) is 5.82 Å². The molecule has 1 atom stereocenters. The molecule has 1 N–H and O–H groups in total. The summed E-state index contributed by atoms with van der Waals surface area (Å²) in [4.78, 5) is 16.6. The standard InChI is InChI=1S/C22H20BrFN2O4/c1-13(15-10-18-19(11-16(15)23)29-9-8-28-18)26-21(27)6-7-22-25-12-20(30-22)14-4-2-3-5-17(14)24/h2-5,10-13H,6-9H2,1H3,(H,26,27). The number of nitrogens with one attached hydrogen (secondary N) is 1. The lowest BCUT2D eigenvalue weighted by Crippen LogP contribution is -2.27. The van der Waals surface area contributed by atoms with E-state index in [1.54, 1.807) is 18.2 Å². The summed E-state index contributed by atoms with van der Waals surface area (Å²) in [6.45, 7) is 2.92. The molecule has 6 nitrogen and oxygen atoms in total. The zero-order valence-corrected chi connectivity index (χ0v) is 17.9. The Labute approximate surface area is 181 Å². The minimum absolute atomic E-state index is 0.144. The van der Waals surface area contributed by atoms with Crippen molar-refractivity contribution in [3.05, 3.63) is 64.3 Å². The van der Waals surface area contributed by atoms with Gasteiger partial charge in [0.25, 0.3) is 0 Å². The largest absolute Gasteiger partial charge is 0.486 e. The Kier molecular flexibility index (Phi) is 6.03. The van der Waals surface area contributed by atoms with Gasteiger partial charge in [-0.25, -0.2) is 9.37 Å². The van der Waals surface area contributed by atoms with E-state index in [9.17, 15) is 9.18 Å². The molecule has 2 heterocycles. The lowest BCUT2D eigenvalue weighted by molar-refractivity contribution is -0.121. The van der Waals surface area contributed by atoms with Crippen molar-refractivity contribution >= 4 is 21.8 Å². The molecule has 2 aromatic carbocycles. The van der Waals surface area contributed by atoms with E-state index in [4.69, 9.17) is 13.9 Å². The molecule has 0 saturated heterocycles. The normalized spacial score (nSPS) is 13.7. The number of aryl methyl sites for hydroxylation is 1. The predicted molar refractivity (Wildman–Crippen MR) is 112 cm³/mol. The third kappa shape index (κ3) is 4.48. The fourth-order valence-corrected chi connectivity index (χ4v) is 3.90. The van der Waals surface area contributed by atoms with Crippen LogP contribution in [-0.2, 0) is 11.2 Å². The van der Waals surface area contributed by atoms with E-state index >= 15 is 0 Å². The Morgan fingerprint density at radius 3 is 2.73 bits per heavy atom. The van der Waals surface area contributed by atoms with Gasteiger partial charge in [0, 0.05) is 17.3 Å². The van der Waals surface area contributed by atoms with Crippen molar-refractivity contribution in [2.45, 2.75) is 25.8 Å². The van der Waals surface area contributed by atoms with Crippen LogP contribution in [0.4, 0.5) is 4.39 Å². The second-order valence-electron chi connectivity index (χ2n) is 6.90. The maximum Gasteiger partial charge on any atom is 0.220 e. The third-order valence-electron chi connectivity index (χ3n) is 4.76. The van der Waals surface area contributed by atoms with Crippen molar-refractivity contribution < 1.29 is 23.1 Å². The Bertz CT molecular complexity index is 1070. The number of nitrogens with zero attached hydrogens (tertiary/aromatic N) is 1. The zero-order valence-electron chi connectivity index (χ0n) is 16.3. The number of carbonyl (C=O) groups excluding carboxylic acids is 1. The molecule has 0 aliphatic carbocycles. The summed E-state index contributed by atoms with van der Waals surface area (Å²) in [5.74, 6) is 1.56. The highest BCUT2D eigenvalue weighted by Gasteiger charge is 2.19. The SMILES string of the molecule is CC(NC(=O)CCc1ncc(-c2ccccc2F)o1)c1cc2c(cc1Br)OCCO2. The fraction of sp³-hybridized carbons (Fsp3) is 0.273. The number of carbonyl (C=O) groups is 1. The van der Waals surface area contributed by atoms with E-state index in [1.165, 1.54) is 12.3 Å². The summed E-state index contributed by atoms with van der Waals surface area (Å²) in [6.07, 6.45) is 1.99. The average Bonchev–Trinajstić information content (AvgIpc) is 3.21. The van der Waals surface area contributed by atoms with E-state index in [0.717, 1.165) is 10.0 Å². The number of hydrogen-bond acceptors (Lipinski definition) is 5. The van der Waals surface area contributed by atoms with Gasteiger partial charge in [0.05, 0.1) is 17.8 Å². The highest BCUT2D eigenvalue weighted by Crippen LogP contribution is 2.37. The maximum atomic E-state index is 13.9. The van der Waals surface area contributed by atoms with Crippen LogP contribution in [-0.4, -0.2) is 24.1 Å².